The molecule has 28 heavy (non-hydrogen) atoms. The van der Waals surface area contributed by atoms with Crippen molar-refractivity contribution < 1.29 is 9.21 Å². The number of anilines is 2. The molecule has 1 saturated heterocycles. The van der Waals surface area contributed by atoms with Crippen molar-refractivity contribution in [3.05, 3.63) is 58.0 Å². The van der Waals surface area contributed by atoms with Gasteiger partial charge in [0.25, 0.3) is 0 Å². The number of halogens is 1. The second-order valence-electron chi connectivity index (χ2n) is 7.33. The number of aromatic nitrogens is 1. The highest BCUT2D eigenvalue weighted by Crippen LogP contribution is 2.24. The van der Waals surface area contributed by atoms with Gasteiger partial charge in [0.1, 0.15) is 6.54 Å². The Hall–Kier alpha value is -2.73. The maximum Gasteiger partial charge on any atom is 0.420 e. The quantitative estimate of drug-likeness (QED) is 0.716. The molecule has 1 N–H and O–H groups in total. The standard InChI is InChI=1S/C21H22ClN3O3/c1-14-8-10-24(11-9-14)17-5-3-16(4-6-17)23-20(26)13-25-18-7-2-15(22)12-19(18)28-21(25)27/h2-7,12,14H,8-11,13H2,1H3,(H,23,26). The highest BCUT2D eigenvalue weighted by molar-refractivity contribution is 6.31. The molecule has 6 nitrogen and oxygen atoms in total. The Morgan fingerprint density at radius 3 is 2.61 bits per heavy atom. The SMILES string of the molecule is CC1CCN(c2ccc(NC(=O)Cn3c(=O)oc4cc(Cl)ccc43)cc2)CC1. The zero-order valence-corrected chi connectivity index (χ0v) is 16.4. The number of fused-ring (bicyclic) bond motifs is 1. The van der Waals surface area contributed by atoms with Gasteiger partial charge in [-0.05, 0) is 55.2 Å². The van der Waals surface area contributed by atoms with E-state index in [2.05, 4.69) is 17.1 Å². The van der Waals surface area contributed by atoms with Gasteiger partial charge in [0.2, 0.25) is 5.91 Å². The van der Waals surface area contributed by atoms with Crippen LogP contribution in [0.3, 0.4) is 0 Å². The van der Waals surface area contributed by atoms with Crippen molar-refractivity contribution in [1.82, 2.24) is 4.57 Å². The molecule has 1 aliphatic rings. The number of nitrogens with zero attached hydrogens (tertiary/aromatic N) is 2. The molecule has 7 heteroatoms. The lowest BCUT2D eigenvalue weighted by Gasteiger charge is -2.32. The Morgan fingerprint density at radius 2 is 1.89 bits per heavy atom. The predicted octanol–water partition coefficient (Wildman–Crippen LogP) is 4.12. The van der Waals surface area contributed by atoms with Gasteiger partial charge in [-0.25, -0.2) is 4.79 Å². The van der Waals surface area contributed by atoms with Crippen LogP contribution in [0.2, 0.25) is 5.02 Å². The maximum absolute atomic E-state index is 12.4. The normalized spacial score (nSPS) is 15.1. The zero-order chi connectivity index (χ0) is 19.7. The summed E-state index contributed by atoms with van der Waals surface area (Å²) in [7, 11) is 0. The molecular formula is C21H22ClN3O3. The summed E-state index contributed by atoms with van der Waals surface area (Å²) >= 11 is 5.92. The van der Waals surface area contributed by atoms with Crippen LogP contribution in [0.4, 0.5) is 11.4 Å². The van der Waals surface area contributed by atoms with E-state index in [0.29, 0.717) is 21.8 Å². The molecule has 2 heterocycles. The molecule has 1 fully saturated rings. The number of rotatable bonds is 4. The summed E-state index contributed by atoms with van der Waals surface area (Å²) in [6, 6.07) is 12.7. The zero-order valence-electron chi connectivity index (χ0n) is 15.7. The lowest BCUT2D eigenvalue weighted by Crippen LogP contribution is -2.32. The molecule has 1 aliphatic heterocycles. The largest absolute Gasteiger partial charge is 0.420 e. The second kappa shape index (κ2) is 7.72. The molecule has 3 aromatic rings. The first kappa shape index (κ1) is 18.6. The minimum Gasteiger partial charge on any atom is -0.408 e. The van der Waals surface area contributed by atoms with Crippen LogP contribution in [0.1, 0.15) is 19.8 Å². The molecule has 1 amide bonds. The van der Waals surface area contributed by atoms with E-state index in [-0.39, 0.29) is 12.5 Å². The number of carbonyl (C=O) groups is 1. The summed E-state index contributed by atoms with van der Waals surface area (Å²) in [4.78, 5) is 26.8. The van der Waals surface area contributed by atoms with E-state index < -0.39 is 5.76 Å². The van der Waals surface area contributed by atoms with E-state index in [0.717, 1.165) is 19.0 Å². The van der Waals surface area contributed by atoms with Gasteiger partial charge in [0, 0.05) is 35.6 Å². The molecule has 4 rings (SSSR count). The second-order valence-corrected chi connectivity index (χ2v) is 7.77. The van der Waals surface area contributed by atoms with Crippen LogP contribution in [0, 0.1) is 5.92 Å². The van der Waals surface area contributed by atoms with E-state index in [4.69, 9.17) is 16.0 Å². The van der Waals surface area contributed by atoms with E-state index in [1.54, 1.807) is 18.2 Å². The van der Waals surface area contributed by atoms with Gasteiger partial charge in [-0.1, -0.05) is 18.5 Å². The van der Waals surface area contributed by atoms with Crippen molar-refractivity contribution in [3.63, 3.8) is 0 Å². The van der Waals surface area contributed by atoms with Crippen LogP contribution >= 0.6 is 11.6 Å². The maximum atomic E-state index is 12.4. The fourth-order valence-corrected chi connectivity index (χ4v) is 3.72. The summed E-state index contributed by atoms with van der Waals surface area (Å²) in [5.41, 5.74) is 2.77. The Kier molecular flexibility index (Phi) is 5.13. The van der Waals surface area contributed by atoms with Gasteiger partial charge in [-0.15, -0.1) is 0 Å². The minimum atomic E-state index is -0.581. The molecule has 1 aromatic heterocycles. The number of hydrogen-bond donors (Lipinski definition) is 1. The fourth-order valence-electron chi connectivity index (χ4n) is 3.56. The summed E-state index contributed by atoms with van der Waals surface area (Å²) in [6.07, 6.45) is 2.41. The third-order valence-electron chi connectivity index (χ3n) is 5.23. The van der Waals surface area contributed by atoms with Gasteiger partial charge in [-0.2, -0.15) is 0 Å². The molecular weight excluding hydrogens is 378 g/mol. The molecule has 0 bridgehead atoms. The molecule has 0 atom stereocenters. The van der Waals surface area contributed by atoms with Gasteiger partial charge in [0.15, 0.2) is 5.58 Å². The molecule has 0 unspecified atom stereocenters. The summed E-state index contributed by atoms with van der Waals surface area (Å²) in [6.45, 7) is 4.29. The Bertz CT molecular complexity index is 1050. The first-order valence-corrected chi connectivity index (χ1v) is 9.81. The Morgan fingerprint density at radius 1 is 1.18 bits per heavy atom. The molecule has 0 spiro atoms. The Labute approximate surface area is 167 Å². The molecule has 0 aliphatic carbocycles. The predicted molar refractivity (Wildman–Crippen MR) is 111 cm³/mol. The number of carbonyl (C=O) groups excluding carboxylic acids is 1. The smallest absolute Gasteiger partial charge is 0.408 e. The average Bonchev–Trinajstić information content (AvgIpc) is 2.97. The number of oxazole rings is 1. The van der Waals surface area contributed by atoms with Crippen molar-refractivity contribution >= 4 is 40.0 Å². The third kappa shape index (κ3) is 3.92. The molecule has 2 aromatic carbocycles. The molecule has 146 valence electrons. The minimum absolute atomic E-state index is 0.126. The summed E-state index contributed by atoms with van der Waals surface area (Å²) < 4.78 is 6.45. The lowest BCUT2D eigenvalue weighted by molar-refractivity contribution is -0.116. The van der Waals surface area contributed by atoms with Gasteiger partial charge in [0.05, 0.1) is 5.52 Å². The monoisotopic (exact) mass is 399 g/mol. The molecule has 0 saturated carbocycles. The number of piperidine rings is 1. The first-order valence-electron chi connectivity index (χ1n) is 9.43. The highest BCUT2D eigenvalue weighted by Gasteiger charge is 2.16. The van der Waals surface area contributed by atoms with E-state index >= 15 is 0 Å². The van der Waals surface area contributed by atoms with Gasteiger partial charge < -0.3 is 14.6 Å². The van der Waals surface area contributed by atoms with Crippen molar-refractivity contribution in [2.75, 3.05) is 23.3 Å². The van der Waals surface area contributed by atoms with Crippen LogP contribution < -0.4 is 16.0 Å². The van der Waals surface area contributed by atoms with Crippen LogP contribution in [-0.2, 0) is 11.3 Å². The van der Waals surface area contributed by atoms with E-state index in [9.17, 15) is 9.59 Å². The van der Waals surface area contributed by atoms with Gasteiger partial charge in [-0.3, -0.25) is 9.36 Å². The number of benzene rings is 2. The van der Waals surface area contributed by atoms with E-state index in [1.807, 2.05) is 24.3 Å². The fraction of sp³-hybridized carbons (Fsp3) is 0.333. The van der Waals surface area contributed by atoms with Crippen molar-refractivity contribution in [2.24, 2.45) is 5.92 Å². The van der Waals surface area contributed by atoms with Crippen LogP contribution in [0.5, 0.6) is 0 Å². The van der Waals surface area contributed by atoms with Crippen LogP contribution in [-0.4, -0.2) is 23.6 Å². The van der Waals surface area contributed by atoms with Crippen LogP contribution in [0.15, 0.2) is 51.7 Å². The van der Waals surface area contributed by atoms with E-state index in [1.165, 1.54) is 23.1 Å². The third-order valence-corrected chi connectivity index (χ3v) is 5.47. The van der Waals surface area contributed by atoms with Crippen molar-refractivity contribution in [1.29, 1.82) is 0 Å². The number of nitrogens with one attached hydrogen (secondary N) is 1. The van der Waals surface area contributed by atoms with Crippen molar-refractivity contribution in [3.8, 4) is 0 Å². The number of amides is 1. The summed E-state index contributed by atoms with van der Waals surface area (Å²) in [5.74, 6) is -0.0883. The average molecular weight is 400 g/mol. The highest BCUT2D eigenvalue weighted by atomic mass is 35.5. The van der Waals surface area contributed by atoms with Crippen LogP contribution in [0.25, 0.3) is 11.1 Å². The van der Waals surface area contributed by atoms with Crippen molar-refractivity contribution in [2.45, 2.75) is 26.3 Å². The Balaban J connectivity index is 1.43. The molecule has 0 radical (unpaired) electrons. The summed E-state index contributed by atoms with van der Waals surface area (Å²) in [5, 5.41) is 3.31. The first-order chi connectivity index (χ1) is 13.5. The lowest BCUT2D eigenvalue weighted by atomic mass is 9.99. The topological polar surface area (TPSA) is 67.5 Å². The van der Waals surface area contributed by atoms with Gasteiger partial charge >= 0.3 is 5.76 Å². The number of hydrogen-bond acceptors (Lipinski definition) is 4.